The van der Waals surface area contributed by atoms with E-state index in [1.54, 1.807) is 7.11 Å². The first-order chi connectivity index (χ1) is 10.0. The fourth-order valence-electron chi connectivity index (χ4n) is 2.33. The highest BCUT2D eigenvalue weighted by molar-refractivity contribution is 5.82. The third-order valence-electron chi connectivity index (χ3n) is 3.47. The first-order valence-electron chi connectivity index (χ1n) is 7.06. The molecule has 0 aliphatic rings. The van der Waals surface area contributed by atoms with Crippen molar-refractivity contribution in [2.75, 3.05) is 13.7 Å². The lowest BCUT2D eigenvalue weighted by atomic mass is 10.0. The van der Waals surface area contributed by atoms with Crippen molar-refractivity contribution in [3.63, 3.8) is 0 Å². The topological polar surface area (TPSA) is 71.7 Å². The van der Waals surface area contributed by atoms with E-state index in [0.29, 0.717) is 25.2 Å². The number of benzene rings is 1. The minimum Gasteiger partial charge on any atom is -0.508 e. The van der Waals surface area contributed by atoms with Crippen LogP contribution >= 0.6 is 0 Å². The van der Waals surface area contributed by atoms with Crippen molar-refractivity contribution in [1.82, 2.24) is 5.32 Å². The van der Waals surface area contributed by atoms with Crippen LogP contribution < -0.4 is 10.9 Å². The van der Waals surface area contributed by atoms with E-state index in [9.17, 15) is 9.90 Å². The van der Waals surface area contributed by atoms with Crippen LogP contribution in [-0.4, -0.2) is 24.9 Å². The predicted octanol–water partition coefficient (Wildman–Crippen LogP) is 2.19. The molecule has 1 aromatic heterocycles. The summed E-state index contributed by atoms with van der Waals surface area (Å²) in [6.45, 7) is 5.12. The highest BCUT2D eigenvalue weighted by Gasteiger charge is 2.10. The largest absolute Gasteiger partial charge is 0.508 e. The van der Waals surface area contributed by atoms with E-state index in [2.05, 4.69) is 5.32 Å². The summed E-state index contributed by atoms with van der Waals surface area (Å²) in [5.74, 6) is 0.158. The monoisotopic (exact) mass is 291 g/mol. The molecule has 0 aliphatic heterocycles. The van der Waals surface area contributed by atoms with Gasteiger partial charge in [-0.15, -0.1) is 0 Å². The molecule has 5 heteroatoms. The van der Waals surface area contributed by atoms with Crippen LogP contribution in [0.1, 0.15) is 25.0 Å². The number of ether oxygens (including phenoxy) is 1. The number of rotatable bonds is 6. The minimum absolute atomic E-state index is 0.158. The highest BCUT2D eigenvalue weighted by Crippen LogP contribution is 2.26. The molecule has 2 aromatic rings. The summed E-state index contributed by atoms with van der Waals surface area (Å²) in [6, 6.07) is 5.06. The molecule has 2 rings (SSSR count). The summed E-state index contributed by atoms with van der Waals surface area (Å²) in [5, 5.41) is 14.0. The third kappa shape index (κ3) is 3.62. The summed E-state index contributed by atoms with van der Waals surface area (Å²) < 4.78 is 10.2. The number of hydrogen-bond acceptors (Lipinski definition) is 5. The molecule has 0 radical (unpaired) electrons. The zero-order valence-corrected chi connectivity index (χ0v) is 12.6. The van der Waals surface area contributed by atoms with Gasteiger partial charge in [0.15, 0.2) is 0 Å². The molecule has 0 aliphatic carbocycles. The lowest BCUT2D eigenvalue weighted by Crippen LogP contribution is -2.29. The third-order valence-corrected chi connectivity index (χ3v) is 3.47. The second-order valence-electron chi connectivity index (χ2n) is 5.16. The van der Waals surface area contributed by atoms with Crippen LogP contribution in [0.15, 0.2) is 27.4 Å². The molecule has 2 N–H and O–H groups in total. The predicted molar refractivity (Wildman–Crippen MR) is 81.7 cm³/mol. The van der Waals surface area contributed by atoms with Gasteiger partial charge in [-0.05, 0) is 30.5 Å². The number of phenolic OH excluding ortho intramolecular Hbond substituents is 1. The average molecular weight is 291 g/mol. The SMILES string of the molecule is CCc1cc2c(CN[C@H](C)COC)cc(=O)oc2cc1O. The van der Waals surface area contributed by atoms with Crippen LogP contribution in [0.25, 0.3) is 11.0 Å². The molecule has 5 nitrogen and oxygen atoms in total. The van der Waals surface area contributed by atoms with E-state index in [1.807, 2.05) is 19.9 Å². The number of fused-ring (bicyclic) bond motifs is 1. The Morgan fingerprint density at radius 2 is 2.10 bits per heavy atom. The van der Waals surface area contributed by atoms with Gasteiger partial charge in [0.1, 0.15) is 11.3 Å². The van der Waals surface area contributed by atoms with Crippen molar-refractivity contribution in [3.8, 4) is 5.75 Å². The van der Waals surface area contributed by atoms with Crippen LogP contribution in [0.4, 0.5) is 0 Å². The standard InChI is InChI=1S/C16H21NO4/c1-4-11-5-13-12(8-17-10(2)9-20-3)6-16(19)21-15(13)7-14(11)18/h5-7,10,17-18H,4,8-9H2,1-3H3/t10-/m1/s1. The van der Waals surface area contributed by atoms with Gasteiger partial charge >= 0.3 is 5.63 Å². The first kappa shape index (κ1) is 15.5. The Hall–Kier alpha value is -1.85. The molecule has 0 fully saturated rings. The second kappa shape index (κ2) is 6.74. The van der Waals surface area contributed by atoms with Gasteiger partial charge in [-0.2, -0.15) is 0 Å². The van der Waals surface area contributed by atoms with Crippen LogP contribution in [0.5, 0.6) is 5.75 Å². The molecule has 0 unspecified atom stereocenters. The summed E-state index contributed by atoms with van der Waals surface area (Å²) in [4.78, 5) is 11.6. The number of hydrogen-bond donors (Lipinski definition) is 2. The molecule has 0 saturated heterocycles. The van der Waals surface area contributed by atoms with E-state index < -0.39 is 5.63 Å². The smallest absolute Gasteiger partial charge is 0.336 e. The Bertz CT molecular complexity index is 678. The summed E-state index contributed by atoms with van der Waals surface area (Å²) in [5.41, 5.74) is 1.69. The average Bonchev–Trinajstić information content (AvgIpc) is 2.44. The molecule has 1 heterocycles. The lowest BCUT2D eigenvalue weighted by molar-refractivity contribution is 0.171. The van der Waals surface area contributed by atoms with Gasteiger partial charge in [-0.25, -0.2) is 4.79 Å². The zero-order chi connectivity index (χ0) is 15.4. The number of aromatic hydroxyl groups is 1. The quantitative estimate of drug-likeness (QED) is 0.798. The summed E-state index contributed by atoms with van der Waals surface area (Å²) in [7, 11) is 1.65. The molecule has 0 saturated carbocycles. The number of aryl methyl sites for hydroxylation is 1. The maximum Gasteiger partial charge on any atom is 0.336 e. The van der Waals surface area contributed by atoms with Gasteiger partial charge in [-0.3, -0.25) is 0 Å². The van der Waals surface area contributed by atoms with E-state index >= 15 is 0 Å². The number of phenols is 1. The summed E-state index contributed by atoms with van der Waals surface area (Å²) in [6.07, 6.45) is 0.716. The van der Waals surface area contributed by atoms with Gasteiger partial charge in [0.25, 0.3) is 0 Å². The summed E-state index contributed by atoms with van der Waals surface area (Å²) >= 11 is 0. The van der Waals surface area contributed by atoms with Crippen molar-refractivity contribution in [2.24, 2.45) is 0 Å². The molecule has 0 amide bonds. The van der Waals surface area contributed by atoms with Gasteiger partial charge in [-0.1, -0.05) is 6.92 Å². The Kier molecular flexibility index (Phi) is 4.98. The highest BCUT2D eigenvalue weighted by atomic mass is 16.5. The first-order valence-corrected chi connectivity index (χ1v) is 7.06. The van der Waals surface area contributed by atoms with Gasteiger partial charge in [0.2, 0.25) is 0 Å². The molecule has 0 spiro atoms. The maximum atomic E-state index is 11.6. The molecular weight excluding hydrogens is 270 g/mol. The minimum atomic E-state index is -0.414. The lowest BCUT2D eigenvalue weighted by Gasteiger charge is -2.14. The zero-order valence-electron chi connectivity index (χ0n) is 12.6. The van der Waals surface area contributed by atoms with Gasteiger partial charge in [0.05, 0.1) is 6.61 Å². The van der Waals surface area contributed by atoms with Crippen molar-refractivity contribution in [2.45, 2.75) is 32.9 Å². The molecule has 21 heavy (non-hydrogen) atoms. The second-order valence-corrected chi connectivity index (χ2v) is 5.16. The fraction of sp³-hybridized carbons (Fsp3) is 0.438. The molecule has 1 aromatic carbocycles. The van der Waals surface area contributed by atoms with E-state index in [0.717, 1.165) is 16.5 Å². The van der Waals surface area contributed by atoms with Crippen LogP contribution in [0, 0.1) is 0 Å². The van der Waals surface area contributed by atoms with Crippen molar-refractivity contribution in [3.05, 3.63) is 39.7 Å². The molecule has 0 bridgehead atoms. The van der Waals surface area contributed by atoms with Crippen LogP contribution in [-0.2, 0) is 17.7 Å². The van der Waals surface area contributed by atoms with Gasteiger partial charge in [0, 0.05) is 37.2 Å². The van der Waals surface area contributed by atoms with E-state index in [-0.39, 0.29) is 11.8 Å². The normalized spacial score (nSPS) is 12.7. The Morgan fingerprint density at radius 1 is 1.33 bits per heavy atom. The number of nitrogens with one attached hydrogen (secondary N) is 1. The number of methoxy groups -OCH3 is 1. The van der Waals surface area contributed by atoms with Crippen LogP contribution in [0.3, 0.4) is 0 Å². The van der Waals surface area contributed by atoms with Crippen molar-refractivity contribution < 1.29 is 14.3 Å². The van der Waals surface area contributed by atoms with Crippen LogP contribution in [0.2, 0.25) is 0 Å². The maximum absolute atomic E-state index is 11.6. The Balaban J connectivity index is 2.39. The van der Waals surface area contributed by atoms with Crippen molar-refractivity contribution in [1.29, 1.82) is 0 Å². The Morgan fingerprint density at radius 3 is 2.76 bits per heavy atom. The van der Waals surface area contributed by atoms with Crippen molar-refractivity contribution >= 4 is 11.0 Å². The molecular formula is C16H21NO4. The van der Waals surface area contributed by atoms with E-state index in [4.69, 9.17) is 9.15 Å². The Labute approximate surface area is 123 Å². The van der Waals surface area contributed by atoms with Gasteiger partial charge < -0.3 is 19.6 Å². The van der Waals surface area contributed by atoms with E-state index in [1.165, 1.54) is 12.1 Å². The fourth-order valence-corrected chi connectivity index (χ4v) is 2.33. The molecule has 1 atom stereocenters. The molecule has 114 valence electrons.